The van der Waals surface area contributed by atoms with E-state index in [2.05, 4.69) is 16.0 Å². The molecule has 0 aliphatic carbocycles. The molecule has 1 amide bonds. The predicted molar refractivity (Wildman–Crippen MR) is 93.7 cm³/mol. The van der Waals surface area contributed by atoms with Crippen LogP contribution in [0, 0.1) is 5.92 Å². The van der Waals surface area contributed by atoms with E-state index >= 15 is 0 Å². The summed E-state index contributed by atoms with van der Waals surface area (Å²) in [5.41, 5.74) is 0. The average molecular weight is 373 g/mol. The Bertz CT molecular complexity index is 570. The van der Waals surface area contributed by atoms with Crippen LogP contribution in [0.4, 0.5) is 8.78 Å². The van der Waals surface area contributed by atoms with E-state index in [9.17, 15) is 13.6 Å². The molecule has 25 heavy (non-hydrogen) atoms. The van der Waals surface area contributed by atoms with Crippen LogP contribution in [0.15, 0.2) is 6.07 Å². The number of halogens is 2. The highest BCUT2D eigenvalue weighted by atomic mass is 32.1. The summed E-state index contributed by atoms with van der Waals surface area (Å²) in [6.07, 6.45) is 1.31. The smallest absolute Gasteiger partial charge is 0.272 e. The second-order valence-corrected chi connectivity index (χ2v) is 7.75. The summed E-state index contributed by atoms with van der Waals surface area (Å²) in [5, 5.41) is 9.45. The molecular formula is C17H25F2N3O2S. The maximum atomic E-state index is 13.1. The summed E-state index contributed by atoms with van der Waals surface area (Å²) in [6.45, 7) is 4.02. The molecule has 2 aliphatic rings. The molecule has 0 aromatic carbocycles. The van der Waals surface area contributed by atoms with Crippen LogP contribution < -0.4 is 20.7 Å². The van der Waals surface area contributed by atoms with Crippen molar-refractivity contribution in [3.8, 4) is 5.75 Å². The number of ether oxygens (including phenoxy) is 1. The average Bonchev–Trinajstić information content (AvgIpc) is 3.06. The fraction of sp³-hybridized carbons (Fsp3) is 0.706. The van der Waals surface area contributed by atoms with Gasteiger partial charge >= 0.3 is 0 Å². The van der Waals surface area contributed by atoms with Gasteiger partial charge in [-0.3, -0.25) is 4.79 Å². The number of amides is 1. The number of carbonyl (C=O) groups excluding carboxylic acids is 1. The van der Waals surface area contributed by atoms with Crippen LogP contribution in [0.25, 0.3) is 0 Å². The molecule has 1 unspecified atom stereocenters. The third-order valence-electron chi connectivity index (χ3n) is 4.70. The van der Waals surface area contributed by atoms with Gasteiger partial charge in [0.25, 0.3) is 12.3 Å². The first kappa shape index (κ1) is 18.5. The molecule has 0 radical (unpaired) electrons. The molecular weight excluding hydrogens is 348 g/mol. The van der Waals surface area contributed by atoms with E-state index in [0.717, 1.165) is 56.7 Å². The maximum Gasteiger partial charge on any atom is 0.272 e. The second kappa shape index (κ2) is 8.91. The Morgan fingerprint density at radius 3 is 2.76 bits per heavy atom. The molecule has 3 heterocycles. The number of piperidine rings is 2. The Morgan fingerprint density at radius 1 is 1.28 bits per heavy atom. The summed E-state index contributed by atoms with van der Waals surface area (Å²) in [6, 6.07) is 1.36. The van der Waals surface area contributed by atoms with E-state index < -0.39 is 6.43 Å². The van der Waals surface area contributed by atoms with E-state index in [0.29, 0.717) is 24.8 Å². The van der Waals surface area contributed by atoms with Crippen molar-refractivity contribution in [3.05, 3.63) is 15.8 Å². The highest BCUT2D eigenvalue weighted by Gasteiger charge is 2.25. The molecule has 2 aliphatic heterocycles. The van der Waals surface area contributed by atoms with Gasteiger partial charge in [-0.05, 0) is 51.2 Å². The molecule has 0 bridgehead atoms. The standard InChI is InChI=1S/C17H25F2N3O2S/c18-16(19)14-8-13(24-10-11-3-6-20-7-4-11)15(25-14)17(23)22-12-2-1-5-21-9-12/h8,11-12,16,20-21H,1-7,9-10H2,(H,22,23). The first-order chi connectivity index (χ1) is 12.1. The third kappa shape index (κ3) is 5.12. The van der Waals surface area contributed by atoms with Gasteiger partial charge in [0.15, 0.2) is 0 Å². The molecule has 1 aromatic heterocycles. The number of carbonyl (C=O) groups is 1. The molecule has 140 valence electrons. The number of nitrogens with one attached hydrogen (secondary N) is 3. The Morgan fingerprint density at radius 2 is 2.08 bits per heavy atom. The van der Waals surface area contributed by atoms with Crippen molar-refractivity contribution < 1.29 is 18.3 Å². The van der Waals surface area contributed by atoms with E-state index in [1.807, 2.05) is 0 Å². The van der Waals surface area contributed by atoms with Crippen molar-refractivity contribution in [1.29, 1.82) is 0 Å². The first-order valence-corrected chi connectivity index (χ1v) is 9.72. The lowest BCUT2D eigenvalue weighted by atomic mass is 9.99. The molecule has 1 atom stereocenters. The van der Waals surface area contributed by atoms with Crippen molar-refractivity contribution in [2.45, 2.75) is 38.2 Å². The topological polar surface area (TPSA) is 62.4 Å². The highest BCUT2D eigenvalue weighted by Crippen LogP contribution is 2.36. The summed E-state index contributed by atoms with van der Waals surface area (Å²) in [5.74, 6) is 0.376. The van der Waals surface area contributed by atoms with Crippen molar-refractivity contribution in [2.75, 3.05) is 32.8 Å². The Labute approximate surface area is 150 Å². The zero-order valence-corrected chi connectivity index (χ0v) is 15.0. The zero-order valence-electron chi connectivity index (χ0n) is 14.2. The molecule has 8 heteroatoms. The lowest BCUT2D eigenvalue weighted by molar-refractivity contribution is 0.0929. The third-order valence-corrected chi connectivity index (χ3v) is 5.83. The molecule has 0 saturated carbocycles. The predicted octanol–water partition coefficient (Wildman–Crippen LogP) is 2.55. The summed E-state index contributed by atoms with van der Waals surface area (Å²) >= 11 is 0.831. The van der Waals surface area contributed by atoms with Crippen LogP contribution in [0.5, 0.6) is 5.75 Å². The van der Waals surface area contributed by atoms with Gasteiger partial charge in [0, 0.05) is 18.7 Å². The van der Waals surface area contributed by atoms with Crippen LogP contribution in [-0.4, -0.2) is 44.7 Å². The quantitative estimate of drug-likeness (QED) is 0.717. The van der Waals surface area contributed by atoms with Crippen LogP contribution in [0.1, 0.15) is 46.7 Å². The van der Waals surface area contributed by atoms with Gasteiger partial charge < -0.3 is 20.7 Å². The normalized spacial score (nSPS) is 22.1. The minimum absolute atomic E-state index is 0.0376. The van der Waals surface area contributed by atoms with E-state index in [-0.39, 0.29) is 21.7 Å². The Balaban J connectivity index is 1.66. The SMILES string of the molecule is O=C(NC1CCCNC1)c1sc(C(F)F)cc1OCC1CCNCC1. The molecule has 1 aromatic rings. The highest BCUT2D eigenvalue weighted by molar-refractivity contribution is 7.14. The summed E-state index contributed by atoms with van der Waals surface area (Å²) < 4.78 is 32.0. The first-order valence-electron chi connectivity index (χ1n) is 8.90. The van der Waals surface area contributed by atoms with E-state index in [1.54, 1.807) is 0 Å². The number of thiophene rings is 1. The van der Waals surface area contributed by atoms with Crippen molar-refractivity contribution in [2.24, 2.45) is 5.92 Å². The van der Waals surface area contributed by atoms with Gasteiger partial charge in [0.05, 0.1) is 11.5 Å². The van der Waals surface area contributed by atoms with Gasteiger partial charge in [-0.25, -0.2) is 8.78 Å². The minimum Gasteiger partial charge on any atom is -0.492 e. The molecule has 0 spiro atoms. The van der Waals surface area contributed by atoms with Crippen LogP contribution >= 0.6 is 11.3 Å². The zero-order chi connectivity index (χ0) is 17.6. The van der Waals surface area contributed by atoms with Gasteiger partial charge in [0.2, 0.25) is 0 Å². The Hall–Kier alpha value is -1.25. The summed E-state index contributed by atoms with van der Waals surface area (Å²) in [4.78, 5) is 12.7. The fourth-order valence-electron chi connectivity index (χ4n) is 3.25. The second-order valence-electron chi connectivity index (χ2n) is 6.66. The minimum atomic E-state index is -2.59. The van der Waals surface area contributed by atoms with Crippen LogP contribution in [0.2, 0.25) is 0 Å². The number of hydrogen-bond donors (Lipinski definition) is 3. The van der Waals surface area contributed by atoms with E-state index in [1.165, 1.54) is 6.07 Å². The van der Waals surface area contributed by atoms with Gasteiger partial charge in [-0.15, -0.1) is 11.3 Å². The summed E-state index contributed by atoms with van der Waals surface area (Å²) in [7, 11) is 0. The number of hydrogen-bond acceptors (Lipinski definition) is 5. The molecule has 3 N–H and O–H groups in total. The van der Waals surface area contributed by atoms with E-state index in [4.69, 9.17) is 4.74 Å². The van der Waals surface area contributed by atoms with Gasteiger partial charge in [-0.1, -0.05) is 0 Å². The van der Waals surface area contributed by atoms with Crippen molar-refractivity contribution in [1.82, 2.24) is 16.0 Å². The molecule has 3 rings (SSSR count). The van der Waals surface area contributed by atoms with Crippen molar-refractivity contribution in [3.63, 3.8) is 0 Å². The Kier molecular flexibility index (Phi) is 6.61. The fourth-order valence-corrected chi connectivity index (χ4v) is 4.11. The van der Waals surface area contributed by atoms with Gasteiger partial charge in [-0.2, -0.15) is 0 Å². The largest absolute Gasteiger partial charge is 0.492 e. The molecule has 2 fully saturated rings. The number of alkyl halides is 2. The molecule has 2 saturated heterocycles. The van der Waals surface area contributed by atoms with Crippen molar-refractivity contribution >= 4 is 17.2 Å². The lowest BCUT2D eigenvalue weighted by Gasteiger charge is -2.24. The maximum absolute atomic E-state index is 13.1. The van der Waals surface area contributed by atoms with Gasteiger partial charge in [0.1, 0.15) is 10.6 Å². The molecule has 5 nitrogen and oxygen atoms in total. The van der Waals surface area contributed by atoms with Crippen LogP contribution in [0.3, 0.4) is 0 Å². The van der Waals surface area contributed by atoms with Crippen LogP contribution in [-0.2, 0) is 0 Å². The monoisotopic (exact) mass is 373 g/mol. The lowest BCUT2D eigenvalue weighted by Crippen LogP contribution is -2.45. The number of rotatable bonds is 6.